The van der Waals surface area contributed by atoms with Gasteiger partial charge in [0.05, 0.1) is 11.3 Å². The van der Waals surface area contributed by atoms with Crippen LogP contribution >= 0.6 is 0 Å². The molecule has 0 aliphatic heterocycles. The predicted octanol–water partition coefficient (Wildman–Crippen LogP) is 6.33. The van der Waals surface area contributed by atoms with Crippen LogP contribution in [0.4, 0.5) is 13.2 Å². The number of benzene rings is 3. The molecule has 0 spiro atoms. The van der Waals surface area contributed by atoms with Gasteiger partial charge in [-0.1, -0.05) is 48.5 Å². The van der Waals surface area contributed by atoms with E-state index in [-0.39, 0.29) is 0 Å². The Kier molecular flexibility index (Phi) is 4.07. The van der Waals surface area contributed by atoms with Crippen molar-refractivity contribution in [1.29, 1.82) is 0 Å². The molecular weight excluding hydrogens is 351 g/mol. The van der Waals surface area contributed by atoms with E-state index in [4.69, 9.17) is 0 Å². The standard InChI is InChI=1S/C22H14F3NO/c23-22(24,25)17-9-6-15(7-10-17)21-19(13-27)18-12-16(8-11-20(18)26-21)14-4-2-1-3-5-14/h1-13,26H. The highest BCUT2D eigenvalue weighted by molar-refractivity contribution is 6.05. The number of H-pyrrole nitrogens is 1. The van der Waals surface area contributed by atoms with E-state index in [1.807, 2.05) is 48.5 Å². The van der Waals surface area contributed by atoms with E-state index in [2.05, 4.69) is 4.98 Å². The molecule has 0 saturated carbocycles. The van der Waals surface area contributed by atoms with Gasteiger partial charge in [-0.25, -0.2) is 0 Å². The molecule has 27 heavy (non-hydrogen) atoms. The van der Waals surface area contributed by atoms with Gasteiger partial charge in [-0.15, -0.1) is 0 Å². The molecule has 1 aromatic heterocycles. The normalized spacial score (nSPS) is 11.7. The van der Waals surface area contributed by atoms with Gasteiger partial charge in [-0.05, 0) is 41.0 Å². The average molecular weight is 365 g/mol. The Morgan fingerprint density at radius 2 is 1.44 bits per heavy atom. The maximum absolute atomic E-state index is 12.8. The minimum Gasteiger partial charge on any atom is -0.354 e. The molecule has 1 N–H and O–H groups in total. The first-order chi connectivity index (χ1) is 13.0. The van der Waals surface area contributed by atoms with Crippen molar-refractivity contribution >= 4 is 17.2 Å². The van der Waals surface area contributed by atoms with Crippen molar-refractivity contribution in [3.05, 3.63) is 83.9 Å². The zero-order valence-corrected chi connectivity index (χ0v) is 14.0. The monoisotopic (exact) mass is 365 g/mol. The van der Waals surface area contributed by atoms with E-state index in [1.54, 1.807) is 0 Å². The van der Waals surface area contributed by atoms with Crippen LogP contribution in [0.3, 0.4) is 0 Å². The minimum absolute atomic E-state index is 0.433. The number of aromatic nitrogens is 1. The lowest BCUT2D eigenvalue weighted by Gasteiger charge is -2.07. The second kappa shape index (κ2) is 6.43. The molecule has 0 bridgehead atoms. The first-order valence-corrected chi connectivity index (χ1v) is 8.31. The van der Waals surface area contributed by atoms with Gasteiger partial charge in [-0.2, -0.15) is 13.2 Å². The highest BCUT2D eigenvalue weighted by atomic mass is 19.4. The summed E-state index contributed by atoms with van der Waals surface area (Å²) in [5.41, 5.74) is 3.50. The highest BCUT2D eigenvalue weighted by Crippen LogP contribution is 2.34. The molecule has 5 heteroatoms. The molecular formula is C22H14F3NO. The summed E-state index contributed by atoms with van der Waals surface area (Å²) < 4.78 is 38.3. The smallest absolute Gasteiger partial charge is 0.354 e. The van der Waals surface area contributed by atoms with Crippen LogP contribution in [0.15, 0.2) is 72.8 Å². The van der Waals surface area contributed by atoms with Gasteiger partial charge in [-0.3, -0.25) is 4.79 Å². The van der Waals surface area contributed by atoms with E-state index in [9.17, 15) is 18.0 Å². The van der Waals surface area contributed by atoms with Crippen LogP contribution in [-0.2, 0) is 6.18 Å². The van der Waals surface area contributed by atoms with Crippen LogP contribution in [-0.4, -0.2) is 11.3 Å². The van der Waals surface area contributed by atoms with E-state index in [0.29, 0.717) is 16.8 Å². The number of carbonyl (C=O) groups excluding carboxylic acids is 1. The molecule has 1 heterocycles. The maximum Gasteiger partial charge on any atom is 0.416 e. The van der Waals surface area contributed by atoms with Crippen molar-refractivity contribution in [2.24, 2.45) is 0 Å². The van der Waals surface area contributed by atoms with Crippen molar-refractivity contribution in [3.8, 4) is 22.4 Å². The molecule has 0 aliphatic carbocycles. The molecule has 0 fully saturated rings. The lowest BCUT2D eigenvalue weighted by molar-refractivity contribution is -0.137. The molecule has 0 amide bonds. The number of fused-ring (bicyclic) bond motifs is 1. The maximum atomic E-state index is 12.8. The van der Waals surface area contributed by atoms with Crippen LogP contribution in [0.25, 0.3) is 33.3 Å². The fourth-order valence-corrected chi connectivity index (χ4v) is 3.20. The van der Waals surface area contributed by atoms with Crippen molar-refractivity contribution < 1.29 is 18.0 Å². The third-order valence-corrected chi connectivity index (χ3v) is 4.56. The predicted molar refractivity (Wildman–Crippen MR) is 99.6 cm³/mol. The summed E-state index contributed by atoms with van der Waals surface area (Å²) in [5, 5.41) is 0.737. The molecule has 0 aliphatic rings. The van der Waals surface area contributed by atoms with E-state index < -0.39 is 11.7 Å². The number of hydrogen-bond acceptors (Lipinski definition) is 1. The third kappa shape index (κ3) is 3.12. The number of alkyl halides is 3. The second-order valence-corrected chi connectivity index (χ2v) is 6.23. The molecule has 4 aromatic rings. The van der Waals surface area contributed by atoms with Gasteiger partial charge < -0.3 is 4.98 Å². The first kappa shape index (κ1) is 17.1. The highest BCUT2D eigenvalue weighted by Gasteiger charge is 2.30. The third-order valence-electron chi connectivity index (χ3n) is 4.56. The number of aldehydes is 1. The summed E-state index contributed by atoms with van der Waals surface area (Å²) in [5.74, 6) is 0. The van der Waals surface area contributed by atoms with E-state index in [0.717, 1.165) is 40.4 Å². The summed E-state index contributed by atoms with van der Waals surface area (Å²) in [6, 6.07) is 20.3. The fraction of sp³-hybridized carbons (Fsp3) is 0.0455. The van der Waals surface area contributed by atoms with Gasteiger partial charge in [0.15, 0.2) is 6.29 Å². The van der Waals surface area contributed by atoms with Gasteiger partial charge in [0.2, 0.25) is 0 Å². The van der Waals surface area contributed by atoms with Gasteiger partial charge in [0.1, 0.15) is 0 Å². The van der Waals surface area contributed by atoms with Crippen LogP contribution in [0, 0.1) is 0 Å². The summed E-state index contributed by atoms with van der Waals surface area (Å²) in [4.78, 5) is 14.9. The zero-order valence-electron chi connectivity index (χ0n) is 14.0. The first-order valence-electron chi connectivity index (χ1n) is 8.31. The molecule has 0 unspecified atom stereocenters. The SMILES string of the molecule is O=Cc1c(-c2ccc(C(F)(F)F)cc2)[nH]c2ccc(-c3ccccc3)cc12. The summed E-state index contributed by atoms with van der Waals surface area (Å²) >= 11 is 0. The zero-order chi connectivity index (χ0) is 19.0. The Hall–Kier alpha value is -3.34. The molecule has 3 aromatic carbocycles. The Balaban J connectivity index is 1.83. The largest absolute Gasteiger partial charge is 0.416 e. The fourth-order valence-electron chi connectivity index (χ4n) is 3.20. The molecule has 0 atom stereocenters. The number of hydrogen-bond donors (Lipinski definition) is 1. The van der Waals surface area contributed by atoms with Gasteiger partial charge in [0, 0.05) is 16.5 Å². The number of carbonyl (C=O) groups is 1. The average Bonchev–Trinajstić information content (AvgIpc) is 3.06. The van der Waals surface area contributed by atoms with Gasteiger partial charge >= 0.3 is 6.18 Å². The molecule has 0 radical (unpaired) electrons. The van der Waals surface area contributed by atoms with Crippen LogP contribution in [0.5, 0.6) is 0 Å². The lowest BCUT2D eigenvalue weighted by Crippen LogP contribution is -2.04. The number of aromatic amines is 1. The topological polar surface area (TPSA) is 32.9 Å². The number of rotatable bonds is 3. The van der Waals surface area contributed by atoms with Crippen molar-refractivity contribution in [2.45, 2.75) is 6.18 Å². The Morgan fingerprint density at radius 3 is 2.07 bits per heavy atom. The summed E-state index contributed by atoms with van der Waals surface area (Å²) in [6.07, 6.45) is -3.66. The van der Waals surface area contributed by atoms with Gasteiger partial charge in [0.25, 0.3) is 0 Å². The molecule has 4 rings (SSSR count). The lowest BCUT2D eigenvalue weighted by atomic mass is 10.0. The van der Waals surface area contributed by atoms with Crippen LogP contribution < -0.4 is 0 Å². The Labute approximate surface area is 153 Å². The summed E-state index contributed by atoms with van der Waals surface area (Å²) in [7, 11) is 0. The van der Waals surface area contributed by atoms with Crippen molar-refractivity contribution in [3.63, 3.8) is 0 Å². The Morgan fingerprint density at radius 1 is 0.778 bits per heavy atom. The second-order valence-electron chi connectivity index (χ2n) is 6.23. The number of nitrogens with one attached hydrogen (secondary N) is 1. The Bertz CT molecular complexity index is 1110. The number of halogens is 3. The van der Waals surface area contributed by atoms with Crippen LogP contribution in [0.1, 0.15) is 15.9 Å². The van der Waals surface area contributed by atoms with E-state index >= 15 is 0 Å². The molecule has 0 saturated heterocycles. The van der Waals surface area contributed by atoms with Crippen molar-refractivity contribution in [1.82, 2.24) is 4.98 Å². The molecule has 134 valence electrons. The minimum atomic E-state index is -4.39. The van der Waals surface area contributed by atoms with Crippen LogP contribution in [0.2, 0.25) is 0 Å². The molecule has 2 nitrogen and oxygen atoms in total. The summed E-state index contributed by atoms with van der Waals surface area (Å²) in [6.45, 7) is 0. The van der Waals surface area contributed by atoms with E-state index in [1.165, 1.54) is 12.1 Å². The quantitative estimate of drug-likeness (QED) is 0.423. The van der Waals surface area contributed by atoms with Crippen molar-refractivity contribution in [2.75, 3.05) is 0 Å².